The van der Waals surface area contributed by atoms with Crippen LogP contribution in [0.4, 0.5) is 5.69 Å². The molecule has 0 aliphatic heterocycles. The lowest BCUT2D eigenvalue weighted by atomic mass is 9.84. The number of Topliss-reactive ketones (excluding diaryl/α,β-unsaturated/α-hetero) is 1. The van der Waals surface area contributed by atoms with E-state index in [4.69, 9.17) is 12.2 Å². The average molecular weight is 516 g/mol. The van der Waals surface area contributed by atoms with Crippen molar-refractivity contribution in [2.45, 2.75) is 38.1 Å². The number of anilines is 1. The van der Waals surface area contributed by atoms with Crippen molar-refractivity contribution >= 4 is 66.9 Å². The van der Waals surface area contributed by atoms with E-state index in [-0.39, 0.29) is 0 Å². The van der Waals surface area contributed by atoms with E-state index in [1.807, 2.05) is 48.5 Å². The Morgan fingerprint density at radius 3 is 2.42 bits per heavy atom. The summed E-state index contributed by atoms with van der Waals surface area (Å²) in [5.41, 5.74) is 1.01. The number of benzene rings is 3. The maximum atomic E-state index is 12.5. The van der Waals surface area contributed by atoms with Crippen molar-refractivity contribution in [1.82, 2.24) is 10.6 Å². The normalized spacial score (nSPS) is 17.6. The summed E-state index contributed by atoms with van der Waals surface area (Å²) in [6.07, 6.45) is 5.12. The Balaban J connectivity index is 1.03. The number of ketones is 1. The maximum Gasteiger partial charge on any atom is 0.293 e. The molecule has 5 rings (SSSR count). The summed E-state index contributed by atoms with van der Waals surface area (Å²) in [5, 5.41) is 13.7. The third kappa shape index (κ3) is 5.74. The van der Waals surface area contributed by atoms with Crippen LogP contribution < -0.4 is 16.0 Å². The van der Waals surface area contributed by atoms with Gasteiger partial charge < -0.3 is 16.0 Å². The van der Waals surface area contributed by atoms with Gasteiger partial charge in [0.05, 0.1) is 4.88 Å². The van der Waals surface area contributed by atoms with Gasteiger partial charge in [0.2, 0.25) is 0 Å². The molecule has 1 heterocycles. The number of carbonyl (C=O) groups is 2. The molecule has 3 N–H and O–H groups in total. The van der Waals surface area contributed by atoms with Gasteiger partial charge in [0, 0.05) is 28.4 Å². The highest BCUT2D eigenvalue weighted by Gasteiger charge is 2.23. The molecule has 3 aromatic carbocycles. The fourth-order valence-electron chi connectivity index (χ4n) is 4.95. The van der Waals surface area contributed by atoms with Gasteiger partial charge in [-0.3, -0.25) is 9.59 Å². The Morgan fingerprint density at radius 2 is 1.61 bits per heavy atom. The van der Waals surface area contributed by atoms with E-state index in [0.717, 1.165) is 53.3 Å². The van der Waals surface area contributed by atoms with Crippen LogP contribution in [-0.2, 0) is 4.79 Å². The van der Waals surface area contributed by atoms with Crippen LogP contribution in [0, 0.1) is 5.92 Å². The topological polar surface area (TPSA) is 70.2 Å². The molecule has 0 atom stereocenters. The second kappa shape index (κ2) is 11.2. The van der Waals surface area contributed by atoms with Gasteiger partial charge in [0.1, 0.15) is 0 Å². The largest absolute Gasteiger partial charge is 0.360 e. The van der Waals surface area contributed by atoms with Gasteiger partial charge in [0.25, 0.3) is 11.7 Å². The molecule has 0 radical (unpaired) electrons. The van der Waals surface area contributed by atoms with E-state index >= 15 is 0 Å². The molecule has 0 saturated heterocycles. The molecular weight excluding hydrogens is 486 g/mol. The highest BCUT2D eigenvalue weighted by atomic mass is 32.1. The molecule has 0 unspecified atom stereocenters. The second-order valence-corrected chi connectivity index (χ2v) is 10.9. The van der Waals surface area contributed by atoms with Crippen LogP contribution in [0.2, 0.25) is 0 Å². The van der Waals surface area contributed by atoms with Crippen LogP contribution >= 0.6 is 23.6 Å². The minimum absolute atomic E-state index is 0.348. The molecule has 0 bridgehead atoms. The molecule has 5 nitrogen and oxygen atoms in total. The zero-order valence-corrected chi connectivity index (χ0v) is 21.6. The first-order valence-electron chi connectivity index (χ1n) is 12.4. The molecule has 1 aliphatic carbocycles. The molecule has 0 spiro atoms. The number of thiocarbonyl (C=S) groups is 1. The van der Waals surface area contributed by atoms with Gasteiger partial charge in [-0.1, -0.05) is 54.6 Å². The summed E-state index contributed by atoms with van der Waals surface area (Å²) in [7, 11) is 0. The highest BCUT2D eigenvalue weighted by molar-refractivity contribution is 7.80. The fourth-order valence-corrected chi connectivity index (χ4v) is 6.23. The van der Waals surface area contributed by atoms with Crippen LogP contribution in [0.1, 0.15) is 41.8 Å². The minimum Gasteiger partial charge on any atom is -0.360 e. The quantitative estimate of drug-likeness (QED) is 0.153. The number of hydrogen-bond acceptors (Lipinski definition) is 4. The molecule has 1 amide bonds. The van der Waals surface area contributed by atoms with Gasteiger partial charge >= 0.3 is 0 Å². The summed E-state index contributed by atoms with van der Waals surface area (Å²) >= 11 is 6.96. The number of hydrogen-bond donors (Lipinski definition) is 3. The molecule has 1 aliphatic rings. The van der Waals surface area contributed by atoms with Crippen LogP contribution in [0.25, 0.3) is 20.9 Å². The van der Waals surface area contributed by atoms with Crippen LogP contribution in [0.15, 0.2) is 72.8 Å². The lowest BCUT2D eigenvalue weighted by Gasteiger charge is -2.30. The summed E-state index contributed by atoms with van der Waals surface area (Å²) in [6, 6.07) is 24.4. The van der Waals surface area contributed by atoms with Gasteiger partial charge in [-0.05, 0) is 79.2 Å². The minimum atomic E-state index is -0.512. The van der Waals surface area contributed by atoms with Gasteiger partial charge in [-0.25, -0.2) is 0 Å². The lowest BCUT2D eigenvalue weighted by molar-refractivity contribution is -0.117. The average Bonchev–Trinajstić information content (AvgIpc) is 3.34. The number of carbonyl (C=O) groups excluding carboxylic acids is 2. The number of fused-ring (bicyclic) bond motifs is 2. The predicted molar refractivity (Wildman–Crippen MR) is 153 cm³/mol. The first kappa shape index (κ1) is 24.4. The number of nitrogens with one attached hydrogen (secondary N) is 3. The van der Waals surface area contributed by atoms with Gasteiger partial charge in [0.15, 0.2) is 5.11 Å². The summed E-state index contributed by atoms with van der Waals surface area (Å²) < 4.78 is 1.02. The zero-order valence-electron chi connectivity index (χ0n) is 20.0. The lowest BCUT2D eigenvalue weighted by Crippen LogP contribution is -2.40. The zero-order chi connectivity index (χ0) is 24.9. The Hall–Kier alpha value is -3.29. The van der Waals surface area contributed by atoms with Gasteiger partial charge in [-0.2, -0.15) is 0 Å². The van der Waals surface area contributed by atoms with Crippen molar-refractivity contribution in [2.75, 3.05) is 11.9 Å². The third-order valence-electron chi connectivity index (χ3n) is 6.91. The first-order chi connectivity index (χ1) is 17.6. The Kier molecular flexibility index (Phi) is 7.58. The molecule has 7 heteroatoms. The number of thiophene rings is 1. The van der Waals surface area contributed by atoms with Crippen molar-refractivity contribution in [3.05, 3.63) is 77.7 Å². The van der Waals surface area contributed by atoms with Crippen LogP contribution in [-0.4, -0.2) is 29.4 Å². The molecule has 1 saturated carbocycles. The Bertz CT molecular complexity index is 1370. The van der Waals surface area contributed by atoms with Crippen molar-refractivity contribution in [3.8, 4) is 0 Å². The number of amides is 1. The molecule has 1 fully saturated rings. The molecule has 36 heavy (non-hydrogen) atoms. The van der Waals surface area contributed by atoms with E-state index in [1.54, 1.807) is 6.07 Å². The molecule has 1 aromatic heterocycles. The summed E-state index contributed by atoms with van der Waals surface area (Å²) in [4.78, 5) is 25.4. The fraction of sp³-hybridized carbons (Fsp3) is 0.276. The molecule has 184 valence electrons. The molecular formula is C29H29N3O2S2. The van der Waals surface area contributed by atoms with Crippen molar-refractivity contribution < 1.29 is 9.59 Å². The monoisotopic (exact) mass is 515 g/mol. The van der Waals surface area contributed by atoms with Crippen molar-refractivity contribution in [3.63, 3.8) is 0 Å². The highest BCUT2D eigenvalue weighted by Crippen LogP contribution is 2.28. The van der Waals surface area contributed by atoms with E-state index in [2.05, 4.69) is 34.1 Å². The van der Waals surface area contributed by atoms with E-state index in [0.29, 0.717) is 28.5 Å². The van der Waals surface area contributed by atoms with Gasteiger partial charge in [-0.15, -0.1) is 11.3 Å². The number of rotatable bonds is 7. The summed E-state index contributed by atoms with van der Waals surface area (Å²) in [6.45, 7) is 0.527. The standard InChI is InChI=1S/C29H29N3O2S2/c33-27(26-18-21-7-2-4-11-25(21)36-26)28(34)30-17-16-19-12-14-22(15-13-19)31-29(35)32-24-10-5-8-20-6-1-3-9-23(20)24/h1-11,18-19,22H,12-17H2,(H,30,34)(H2,31,32,35). The molecule has 4 aromatic rings. The van der Waals surface area contributed by atoms with Crippen LogP contribution in [0.3, 0.4) is 0 Å². The van der Waals surface area contributed by atoms with Crippen molar-refractivity contribution in [1.29, 1.82) is 0 Å². The summed E-state index contributed by atoms with van der Waals surface area (Å²) in [5.74, 6) is -0.416. The predicted octanol–water partition coefficient (Wildman–Crippen LogP) is 6.29. The Labute approximate surface area is 220 Å². The first-order valence-corrected chi connectivity index (χ1v) is 13.7. The van der Waals surface area contributed by atoms with Crippen LogP contribution in [0.5, 0.6) is 0 Å². The maximum absolute atomic E-state index is 12.5. The van der Waals surface area contributed by atoms with Crippen molar-refractivity contribution in [2.24, 2.45) is 5.92 Å². The van der Waals surface area contributed by atoms with E-state index in [9.17, 15) is 9.59 Å². The SMILES string of the molecule is O=C(NCCC1CCC(NC(=S)Nc2cccc3ccccc23)CC1)C(=O)c1cc2ccccc2s1. The smallest absolute Gasteiger partial charge is 0.293 e. The second-order valence-electron chi connectivity index (χ2n) is 9.36. The van der Waals surface area contributed by atoms with E-state index in [1.165, 1.54) is 16.7 Å². The third-order valence-corrected chi connectivity index (χ3v) is 8.25. The van der Waals surface area contributed by atoms with E-state index < -0.39 is 11.7 Å². The Morgan fingerprint density at radius 1 is 0.889 bits per heavy atom.